The van der Waals surface area contributed by atoms with Crippen molar-refractivity contribution in [3.05, 3.63) is 23.8 Å². The molecule has 0 bridgehead atoms. The van der Waals surface area contributed by atoms with Crippen LogP contribution in [0.3, 0.4) is 0 Å². The normalized spacial score (nSPS) is 32.9. The molecule has 1 aromatic carbocycles. The van der Waals surface area contributed by atoms with E-state index in [0.717, 1.165) is 6.07 Å². The number of nitrogens with two attached hydrogens (primary N) is 2. The molecule has 1 aliphatic heterocycles. The molecule has 0 unspecified atom stereocenters. The highest BCUT2D eigenvalue weighted by molar-refractivity contribution is 7.89. The van der Waals surface area contributed by atoms with Crippen LogP contribution in [0.4, 0.5) is 5.69 Å². The van der Waals surface area contributed by atoms with Gasteiger partial charge >= 0.3 is 0 Å². The van der Waals surface area contributed by atoms with Crippen LogP contribution in [-0.4, -0.2) is 59.9 Å². The fourth-order valence-corrected chi connectivity index (χ4v) is 3.17. The van der Waals surface area contributed by atoms with E-state index in [0.29, 0.717) is 0 Å². The van der Waals surface area contributed by atoms with Crippen LogP contribution in [0.5, 0.6) is 0 Å². The van der Waals surface area contributed by atoms with Crippen molar-refractivity contribution in [3.63, 3.8) is 0 Å². The van der Waals surface area contributed by atoms with Crippen LogP contribution < -0.4 is 10.9 Å². The van der Waals surface area contributed by atoms with Crippen molar-refractivity contribution in [2.45, 2.75) is 35.4 Å². The van der Waals surface area contributed by atoms with Crippen LogP contribution in [0.1, 0.15) is 11.7 Å². The van der Waals surface area contributed by atoms with Gasteiger partial charge in [0, 0.05) is 11.3 Å². The average Bonchev–Trinajstić information content (AvgIpc) is 2.44. The number of aliphatic hydroxyl groups is 4. The maximum Gasteiger partial charge on any atom is 0.238 e. The zero-order chi connectivity index (χ0) is 16.7. The lowest BCUT2D eigenvalue weighted by molar-refractivity contribution is -0.232. The summed E-state index contributed by atoms with van der Waals surface area (Å²) in [4.78, 5) is -0.328. The highest BCUT2D eigenvalue weighted by Gasteiger charge is 2.45. The number of primary sulfonamides is 1. The van der Waals surface area contributed by atoms with Gasteiger partial charge in [-0.25, -0.2) is 13.6 Å². The highest BCUT2D eigenvalue weighted by atomic mass is 32.2. The molecule has 1 heterocycles. The molecule has 0 saturated carbocycles. The fourth-order valence-electron chi connectivity index (χ4n) is 2.41. The minimum Gasteiger partial charge on any atom is -0.399 e. The van der Waals surface area contributed by atoms with Crippen molar-refractivity contribution < 1.29 is 33.6 Å². The van der Waals surface area contributed by atoms with Crippen LogP contribution in [0.25, 0.3) is 0 Å². The van der Waals surface area contributed by atoms with Crippen molar-refractivity contribution in [2.75, 3.05) is 12.3 Å². The van der Waals surface area contributed by atoms with E-state index in [-0.39, 0.29) is 16.1 Å². The Morgan fingerprint density at radius 1 is 1.14 bits per heavy atom. The monoisotopic (exact) mass is 334 g/mol. The van der Waals surface area contributed by atoms with Crippen molar-refractivity contribution in [3.8, 4) is 0 Å². The van der Waals surface area contributed by atoms with Crippen molar-refractivity contribution >= 4 is 15.7 Å². The third-order valence-electron chi connectivity index (χ3n) is 3.54. The topological polar surface area (TPSA) is 176 Å². The van der Waals surface area contributed by atoms with Gasteiger partial charge in [-0.05, 0) is 18.2 Å². The molecule has 5 atom stereocenters. The third-order valence-corrected chi connectivity index (χ3v) is 4.52. The van der Waals surface area contributed by atoms with Crippen LogP contribution >= 0.6 is 0 Å². The fraction of sp³-hybridized carbons (Fsp3) is 0.500. The van der Waals surface area contributed by atoms with Crippen LogP contribution in [0.15, 0.2) is 23.1 Å². The molecule has 1 aromatic rings. The maximum absolute atomic E-state index is 11.6. The van der Waals surface area contributed by atoms with E-state index in [9.17, 15) is 23.7 Å². The number of aliphatic hydroxyl groups excluding tert-OH is 4. The van der Waals surface area contributed by atoms with E-state index >= 15 is 0 Å². The Bertz CT molecular complexity index is 649. The summed E-state index contributed by atoms with van der Waals surface area (Å²) >= 11 is 0. The third kappa shape index (κ3) is 3.08. The van der Waals surface area contributed by atoms with Crippen molar-refractivity contribution in [2.24, 2.45) is 5.14 Å². The van der Waals surface area contributed by atoms with Crippen molar-refractivity contribution in [1.82, 2.24) is 0 Å². The number of rotatable bonds is 3. The Morgan fingerprint density at radius 3 is 2.32 bits per heavy atom. The molecule has 1 fully saturated rings. The molecular formula is C12H18N2O7S. The number of ether oxygens (including phenoxy) is 1. The maximum atomic E-state index is 11.6. The number of anilines is 1. The zero-order valence-electron chi connectivity index (χ0n) is 11.4. The Labute approximate surface area is 126 Å². The Kier molecular flexibility index (Phi) is 4.73. The minimum absolute atomic E-state index is 0.0561. The van der Waals surface area contributed by atoms with Crippen LogP contribution in [0, 0.1) is 0 Å². The molecule has 0 spiro atoms. The second-order valence-electron chi connectivity index (χ2n) is 5.09. The Hall–Kier alpha value is -1.27. The SMILES string of the molecule is Nc1ccc(S(N)(=O)=O)c([C@@H]2O[C@H](CO)[C@@H](O)[C@H](O)[C@H]2O)c1. The van der Waals surface area contributed by atoms with Gasteiger partial charge in [-0.2, -0.15) is 0 Å². The Balaban J connectivity index is 2.52. The van der Waals surface area contributed by atoms with Crippen LogP contribution in [0.2, 0.25) is 0 Å². The first-order valence-electron chi connectivity index (χ1n) is 6.39. The van der Waals surface area contributed by atoms with E-state index in [2.05, 4.69) is 0 Å². The van der Waals surface area contributed by atoms with Gasteiger partial charge < -0.3 is 30.9 Å². The molecule has 124 valence electrons. The summed E-state index contributed by atoms with van der Waals surface area (Å²) in [5.41, 5.74) is 5.76. The van der Waals surface area contributed by atoms with E-state index in [1.807, 2.05) is 0 Å². The molecule has 1 aliphatic rings. The van der Waals surface area contributed by atoms with E-state index in [1.54, 1.807) is 0 Å². The molecule has 0 radical (unpaired) electrons. The summed E-state index contributed by atoms with van der Waals surface area (Å²) in [6, 6.07) is 3.71. The Morgan fingerprint density at radius 2 is 1.77 bits per heavy atom. The lowest BCUT2D eigenvalue weighted by atomic mass is 9.91. The quantitative estimate of drug-likeness (QED) is 0.327. The number of hydrogen-bond acceptors (Lipinski definition) is 8. The first-order chi connectivity index (χ1) is 10.2. The number of nitrogen functional groups attached to an aromatic ring is 1. The lowest BCUT2D eigenvalue weighted by Gasteiger charge is -2.40. The highest BCUT2D eigenvalue weighted by Crippen LogP contribution is 2.36. The zero-order valence-corrected chi connectivity index (χ0v) is 12.2. The minimum atomic E-state index is -4.13. The number of benzene rings is 1. The van der Waals surface area contributed by atoms with Gasteiger partial charge in [0.1, 0.15) is 30.5 Å². The van der Waals surface area contributed by atoms with E-state index < -0.39 is 47.2 Å². The van der Waals surface area contributed by atoms with E-state index in [1.165, 1.54) is 12.1 Å². The standard InChI is InChI=1S/C12H18N2O7S/c13-5-1-2-8(22(14,19)20)6(3-5)12-11(18)10(17)9(16)7(4-15)21-12/h1-3,7,9-12,15-18H,4,13H2,(H2,14,19,20)/t7-,9-,10+,11-,12+/m1/s1. The molecule has 2 rings (SSSR count). The van der Waals surface area contributed by atoms with Crippen molar-refractivity contribution in [1.29, 1.82) is 0 Å². The molecule has 0 aromatic heterocycles. The molecule has 1 saturated heterocycles. The summed E-state index contributed by atoms with van der Waals surface area (Å²) in [6.07, 6.45) is -7.30. The average molecular weight is 334 g/mol. The smallest absolute Gasteiger partial charge is 0.238 e. The molecular weight excluding hydrogens is 316 g/mol. The number of hydrogen-bond donors (Lipinski definition) is 6. The molecule has 10 heteroatoms. The van der Waals surface area contributed by atoms with Gasteiger partial charge in [0.05, 0.1) is 11.5 Å². The lowest BCUT2D eigenvalue weighted by Crippen LogP contribution is -2.55. The van der Waals surface area contributed by atoms with E-state index in [4.69, 9.17) is 20.7 Å². The molecule has 0 aliphatic carbocycles. The van der Waals surface area contributed by atoms with Gasteiger partial charge in [-0.1, -0.05) is 0 Å². The van der Waals surface area contributed by atoms with Gasteiger partial charge in [-0.15, -0.1) is 0 Å². The largest absolute Gasteiger partial charge is 0.399 e. The van der Waals surface area contributed by atoms with Gasteiger partial charge in [-0.3, -0.25) is 0 Å². The molecule has 0 amide bonds. The van der Waals surface area contributed by atoms with Crippen LogP contribution in [-0.2, 0) is 14.8 Å². The van der Waals surface area contributed by atoms with Gasteiger partial charge in [0.15, 0.2) is 0 Å². The summed E-state index contributed by atoms with van der Waals surface area (Å²) in [5, 5.41) is 43.9. The predicted molar refractivity (Wildman–Crippen MR) is 74.9 cm³/mol. The number of sulfonamides is 1. The second kappa shape index (κ2) is 6.08. The molecule has 8 N–H and O–H groups in total. The molecule has 22 heavy (non-hydrogen) atoms. The summed E-state index contributed by atoms with van der Waals surface area (Å²) in [7, 11) is -4.13. The second-order valence-corrected chi connectivity index (χ2v) is 6.62. The molecule has 9 nitrogen and oxygen atoms in total. The van der Waals surface area contributed by atoms with Gasteiger partial charge in [0.2, 0.25) is 10.0 Å². The predicted octanol–water partition coefficient (Wildman–Crippen LogP) is -2.57. The summed E-state index contributed by atoms with van der Waals surface area (Å²) in [6.45, 7) is -0.630. The first-order valence-corrected chi connectivity index (χ1v) is 7.94. The first kappa shape index (κ1) is 17.1. The van der Waals surface area contributed by atoms with Gasteiger partial charge in [0.25, 0.3) is 0 Å². The summed E-state index contributed by atoms with van der Waals surface area (Å²) in [5.74, 6) is 0. The summed E-state index contributed by atoms with van der Waals surface area (Å²) < 4.78 is 28.6.